The highest BCUT2D eigenvalue weighted by Crippen LogP contribution is 2.32. The number of carbonyl (C=O) groups excluding carboxylic acids is 3. The number of aromatic nitrogens is 1. The molecule has 4 rings (SSSR count). The van der Waals surface area contributed by atoms with E-state index in [1.165, 1.54) is 36.6 Å². The first kappa shape index (κ1) is 26.0. The molecule has 2 heterocycles. The van der Waals surface area contributed by atoms with Crippen molar-refractivity contribution in [2.24, 2.45) is 5.73 Å². The Morgan fingerprint density at radius 1 is 1.25 bits per heavy atom. The molecule has 0 atom stereocenters. The Morgan fingerprint density at radius 3 is 2.67 bits per heavy atom. The molecule has 2 aromatic carbocycles. The fourth-order valence-electron chi connectivity index (χ4n) is 4.13. The fraction of sp³-hybridized carbons (Fsp3) is 0.280. The highest BCUT2D eigenvalue weighted by molar-refractivity contribution is 14.1. The number of hydrogen-bond acceptors (Lipinski definition) is 6. The SMILES string of the molecule is COc1ccc(C(N)=O)cc1NC(=O)c1csc(C2CCN(C(=O)c3c(F)cccc3CI)CC2)n1. The largest absolute Gasteiger partial charge is 0.495 e. The van der Waals surface area contributed by atoms with E-state index < -0.39 is 17.6 Å². The minimum atomic E-state index is -0.616. The number of primary amides is 1. The zero-order chi connectivity index (χ0) is 25.8. The van der Waals surface area contributed by atoms with Gasteiger partial charge in [0.15, 0.2) is 0 Å². The summed E-state index contributed by atoms with van der Waals surface area (Å²) < 4.78 is 20.2. The average molecular weight is 622 g/mol. The molecule has 1 saturated heterocycles. The number of nitrogens with one attached hydrogen (secondary N) is 1. The Hall–Kier alpha value is -3.06. The van der Waals surface area contributed by atoms with Gasteiger partial charge < -0.3 is 20.7 Å². The van der Waals surface area contributed by atoms with Crippen molar-refractivity contribution in [2.45, 2.75) is 23.2 Å². The van der Waals surface area contributed by atoms with E-state index in [-0.39, 0.29) is 28.6 Å². The smallest absolute Gasteiger partial charge is 0.275 e. The van der Waals surface area contributed by atoms with Gasteiger partial charge in [-0.15, -0.1) is 11.3 Å². The molecule has 1 aliphatic rings. The van der Waals surface area contributed by atoms with Crippen molar-refractivity contribution < 1.29 is 23.5 Å². The predicted octanol–water partition coefficient (Wildman–Crippen LogP) is 4.60. The monoisotopic (exact) mass is 622 g/mol. The van der Waals surface area contributed by atoms with Crippen LogP contribution in [0.15, 0.2) is 41.8 Å². The number of nitrogens with two attached hydrogens (primary N) is 1. The van der Waals surface area contributed by atoms with Crippen LogP contribution in [-0.2, 0) is 4.43 Å². The number of rotatable bonds is 7. The van der Waals surface area contributed by atoms with E-state index in [1.54, 1.807) is 28.5 Å². The molecule has 0 unspecified atom stereocenters. The summed E-state index contributed by atoms with van der Waals surface area (Å²) in [5.74, 6) is -1.35. The molecule has 188 valence electrons. The Bertz CT molecular complexity index is 1310. The lowest BCUT2D eigenvalue weighted by molar-refractivity contribution is 0.0707. The van der Waals surface area contributed by atoms with Gasteiger partial charge in [-0.05, 0) is 42.7 Å². The third-order valence-electron chi connectivity index (χ3n) is 6.08. The quantitative estimate of drug-likeness (QED) is 0.296. The number of anilines is 1. The van der Waals surface area contributed by atoms with Crippen molar-refractivity contribution in [3.63, 3.8) is 0 Å². The fourth-order valence-corrected chi connectivity index (χ4v) is 5.74. The number of thiazole rings is 1. The van der Waals surface area contributed by atoms with Crippen LogP contribution in [0.3, 0.4) is 0 Å². The summed E-state index contributed by atoms with van der Waals surface area (Å²) in [5, 5.41) is 5.22. The number of nitrogens with zero attached hydrogens (tertiary/aromatic N) is 2. The Morgan fingerprint density at radius 2 is 2.00 bits per heavy atom. The molecule has 8 nitrogen and oxygen atoms in total. The van der Waals surface area contributed by atoms with Gasteiger partial charge in [0.25, 0.3) is 11.8 Å². The molecule has 3 amide bonds. The number of amides is 3. The van der Waals surface area contributed by atoms with Crippen molar-refractivity contribution in [1.82, 2.24) is 9.88 Å². The second-order valence-electron chi connectivity index (χ2n) is 8.28. The Balaban J connectivity index is 1.41. The number of methoxy groups -OCH3 is 1. The zero-order valence-corrected chi connectivity index (χ0v) is 22.4. The lowest BCUT2D eigenvalue weighted by Gasteiger charge is -2.31. The lowest BCUT2D eigenvalue weighted by Crippen LogP contribution is -2.38. The molecule has 36 heavy (non-hydrogen) atoms. The van der Waals surface area contributed by atoms with Gasteiger partial charge in [-0.3, -0.25) is 14.4 Å². The highest BCUT2D eigenvalue weighted by atomic mass is 127. The van der Waals surface area contributed by atoms with Gasteiger partial charge >= 0.3 is 0 Å². The Kier molecular flexibility index (Phi) is 8.19. The standard InChI is InChI=1S/C25H24FIN4O4S/c1-35-20-6-5-15(22(28)32)11-18(20)29-23(33)19-13-36-24(30-19)14-7-9-31(10-8-14)25(34)21-16(12-27)3-2-4-17(21)26/h2-6,11,13-14H,7-10,12H2,1H3,(H2,28,32)(H,29,33). The molecule has 1 aromatic heterocycles. The first-order valence-electron chi connectivity index (χ1n) is 11.2. The number of halogens is 2. The van der Waals surface area contributed by atoms with Crippen molar-refractivity contribution in [2.75, 3.05) is 25.5 Å². The zero-order valence-electron chi connectivity index (χ0n) is 19.4. The van der Waals surface area contributed by atoms with Crippen LogP contribution in [0, 0.1) is 5.82 Å². The Labute approximate surface area is 225 Å². The maximum atomic E-state index is 14.4. The average Bonchev–Trinajstić information content (AvgIpc) is 3.39. The van der Waals surface area contributed by atoms with E-state index in [4.69, 9.17) is 10.5 Å². The first-order chi connectivity index (χ1) is 17.3. The van der Waals surface area contributed by atoms with Gasteiger partial charge in [-0.25, -0.2) is 9.37 Å². The minimum absolute atomic E-state index is 0.0954. The van der Waals surface area contributed by atoms with Gasteiger partial charge in [0, 0.05) is 34.4 Å². The highest BCUT2D eigenvalue weighted by Gasteiger charge is 2.29. The van der Waals surface area contributed by atoms with E-state index >= 15 is 0 Å². The summed E-state index contributed by atoms with van der Waals surface area (Å²) in [6, 6.07) is 9.24. The molecule has 0 saturated carbocycles. The number of hydrogen-bond donors (Lipinski definition) is 2. The molecule has 0 bridgehead atoms. The second kappa shape index (κ2) is 11.3. The number of likely N-dealkylation sites (tertiary alicyclic amines) is 1. The van der Waals surface area contributed by atoms with Crippen molar-refractivity contribution >= 4 is 57.3 Å². The van der Waals surface area contributed by atoms with E-state index in [2.05, 4.69) is 32.9 Å². The number of alkyl halides is 1. The molecule has 3 aromatic rings. The normalized spacial score (nSPS) is 13.9. The van der Waals surface area contributed by atoms with Crippen LogP contribution in [0.5, 0.6) is 5.75 Å². The predicted molar refractivity (Wildman–Crippen MR) is 144 cm³/mol. The molecule has 11 heteroatoms. The van der Waals surface area contributed by atoms with Crippen LogP contribution >= 0.6 is 33.9 Å². The van der Waals surface area contributed by atoms with Crippen molar-refractivity contribution in [3.05, 3.63) is 75.0 Å². The van der Waals surface area contributed by atoms with Gasteiger partial charge in [0.05, 0.1) is 23.4 Å². The summed E-state index contributed by atoms with van der Waals surface area (Å²) in [6.07, 6.45) is 1.34. The van der Waals surface area contributed by atoms with Gasteiger partial charge in [0.2, 0.25) is 5.91 Å². The third kappa shape index (κ3) is 5.51. The van der Waals surface area contributed by atoms with E-state index in [0.717, 1.165) is 5.01 Å². The minimum Gasteiger partial charge on any atom is -0.495 e. The molecule has 3 N–H and O–H groups in total. The first-order valence-corrected chi connectivity index (χ1v) is 13.6. The maximum Gasteiger partial charge on any atom is 0.275 e. The number of ether oxygens (including phenoxy) is 1. The van der Waals surface area contributed by atoms with Crippen LogP contribution in [0.2, 0.25) is 0 Å². The molecule has 1 aliphatic heterocycles. The number of benzene rings is 2. The van der Waals surface area contributed by atoms with E-state index in [0.29, 0.717) is 47.4 Å². The topological polar surface area (TPSA) is 115 Å². The van der Waals surface area contributed by atoms with Crippen LogP contribution < -0.4 is 15.8 Å². The summed E-state index contributed by atoms with van der Waals surface area (Å²) in [6.45, 7) is 0.966. The molecule has 1 fully saturated rings. The van der Waals surface area contributed by atoms with E-state index in [9.17, 15) is 18.8 Å². The summed E-state index contributed by atoms with van der Waals surface area (Å²) >= 11 is 3.51. The van der Waals surface area contributed by atoms with Crippen LogP contribution in [0.4, 0.5) is 10.1 Å². The van der Waals surface area contributed by atoms with Gasteiger partial charge in [-0.1, -0.05) is 34.7 Å². The summed E-state index contributed by atoms with van der Waals surface area (Å²) in [5.41, 5.74) is 6.99. The number of carbonyl (C=O) groups is 3. The van der Waals surface area contributed by atoms with Crippen molar-refractivity contribution in [1.29, 1.82) is 0 Å². The third-order valence-corrected chi connectivity index (χ3v) is 7.90. The van der Waals surface area contributed by atoms with Gasteiger partial charge in [-0.2, -0.15) is 0 Å². The second-order valence-corrected chi connectivity index (χ2v) is 9.93. The molecule has 0 spiro atoms. The molecule has 0 aliphatic carbocycles. The summed E-state index contributed by atoms with van der Waals surface area (Å²) in [4.78, 5) is 43.5. The molecular formula is C25H24FIN4O4S. The van der Waals surface area contributed by atoms with Crippen molar-refractivity contribution in [3.8, 4) is 5.75 Å². The molecule has 0 radical (unpaired) electrons. The van der Waals surface area contributed by atoms with Gasteiger partial charge in [0.1, 0.15) is 17.3 Å². The van der Waals surface area contributed by atoms with Crippen LogP contribution in [-0.4, -0.2) is 47.8 Å². The number of piperidine rings is 1. The van der Waals surface area contributed by atoms with Crippen LogP contribution in [0.25, 0.3) is 0 Å². The summed E-state index contributed by atoms with van der Waals surface area (Å²) in [7, 11) is 1.46. The maximum absolute atomic E-state index is 14.4. The molecular weight excluding hydrogens is 598 g/mol. The van der Waals surface area contributed by atoms with E-state index in [1.807, 2.05) is 0 Å². The van der Waals surface area contributed by atoms with Crippen LogP contribution in [0.1, 0.15) is 60.5 Å². The lowest BCUT2D eigenvalue weighted by atomic mass is 9.96.